The topological polar surface area (TPSA) is 61.4 Å². The summed E-state index contributed by atoms with van der Waals surface area (Å²) in [5, 5.41) is 4.19. The van der Waals surface area contributed by atoms with Crippen molar-refractivity contribution in [3.63, 3.8) is 0 Å². The van der Waals surface area contributed by atoms with Crippen LogP contribution >= 0.6 is 11.5 Å². The van der Waals surface area contributed by atoms with Crippen molar-refractivity contribution < 1.29 is 4.79 Å². The van der Waals surface area contributed by atoms with Crippen LogP contribution in [0.15, 0.2) is 60.7 Å². The monoisotopic (exact) mass is 491 g/mol. The Morgan fingerprint density at radius 2 is 1.71 bits per heavy atom. The van der Waals surface area contributed by atoms with E-state index in [4.69, 9.17) is 4.98 Å². The molecule has 0 radical (unpaired) electrons. The Labute approximate surface area is 213 Å². The molecule has 1 N–H and O–H groups in total. The van der Waals surface area contributed by atoms with Crippen molar-refractivity contribution in [1.29, 1.82) is 0 Å². The third-order valence-corrected chi connectivity index (χ3v) is 7.14. The minimum absolute atomic E-state index is 0.134. The summed E-state index contributed by atoms with van der Waals surface area (Å²) in [6.45, 7) is 8.95. The van der Waals surface area contributed by atoms with Crippen LogP contribution in [-0.2, 0) is 17.8 Å². The Bertz CT molecular complexity index is 1030. The summed E-state index contributed by atoms with van der Waals surface area (Å²) in [6, 6.07) is 21.2. The number of anilines is 1. The number of benzene rings is 2. The van der Waals surface area contributed by atoms with E-state index in [1.54, 1.807) is 0 Å². The maximum atomic E-state index is 12.8. The first-order valence-corrected chi connectivity index (χ1v) is 13.5. The number of amides is 1. The Balaban J connectivity index is 1.24. The fourth-order valence-corrected chi connectivity index (χ4v) is 5.26. The van der Waals surface area contributed by atoms with E-state index in [0.717, 1.165) is 56.4 Å². The van der Waals surface area contributed by atoms with Gasteiger partial charge in [0.25, 0.3) is 0 Å². The molecule has 0 saturated carbocycles. The predicted molar refractivity (Wildman–Crippen MR) is 144 cm³/mol. The smallest absolute Gasteiger partial charge is 0.221 e. The van der Waals surface area contributed by atoms with E-state index in [-0.39, 0.29) is 11.9 Å². The number of aromatic nitrogens is 2. The van der Waals surface area contributed by atoms with Crippen molar-refractivity contribution in [2.24, 2.45) is 5.92 Å². The molecule has 35 heavy (non-hydrogen) atoms. The molecule has 0 atom stereocenters. The number of carbonyl (C=O) groups is 1. The fraction of sp³-hybridized carbons (Fsp3) is 0.464. The summed E-state index contributed by atoms with van der Waals surface area (Å²) in [5.74, 6) is 1.46. The van der Waals surface area contributed by atoms with E-state index in [2.05, 4.69) is 75.8 Å². The number of likely N-dealkylation sites (tertiary alicyclic amines) is 1. The van der Waals surface area contributed by atoms with Crippen LogP contribution in [0.2, 0.25) is 0 Å². The Kier molecular flexibility index (Phi) is 9.26. The summed E-state index contributed by atoms with van der Waals surface area (Å²) < 4.78 is 4.58. The van der Waals surface area contributed by atoms with Crippen molar-refractivity contribution in [3.8, 4) is 0 Å². The number of hydrogen-bond acceptors (Lipinski definition) is 6. The molecule has 3 aromatic rings. The van der Waals surface area contributed by atoms with Gasteiger partial charge in [-0.05, 0) is 29.9 Å². The highest BCUT2D eigenvalue weighted by Crippen LogP contribution is 2.21. The summed E-state index contributed by atoms with van der Waals surface area (Å²) in [6.07, 6.45) is 3.22. The number of rotatable bonds is 11. The Hall–Kier alpha value is -2.77. The van der Waals surface area contributed by atoms with E-state index < -0.39 is 0 Å². The molecule has 1 aromatic heterocycles. The molecule has 0 bridgehead atoms. The number of carbonyl (C=O) groups excluding carboxylic acids is 1. The van der Waals surface area contributed by atoms with Crippen LogP contribution in [0.5, 0.6) is 0 Å². The maximum absolute atomic E-state index is 12.8. The molecule has 1 fully saturated rings. The lowest BCUT2D eigenvalue weighted by molar-refractivity contribution is -0.121. The fourth-order valence-electron chi connectivity index (χ4n) is 4.54. The van der Waals surface area contributed by atoms with Crippen molar-refractivity contribution in [3.05, 3.63) is 77.6 Å². The zero-order valence-electron chi connectivity index (χ0n) is 20.9. The van der Waals surface area contributed by atoms with Crippen molar-refractivity contribution in [2.75, 3.05) is 31.1 Å². The Morgan fingerprint density at radius 1 is 1.06 bits per heavy atom. The van der Waals surface area contributed by atoms with Gasteiger partial charge in [0.15, 0.2) is 0 Å². The molecule has 1 saturated heterocycles. The van der Waals surface area contributed by atoms with E-state index in [1.807, 2.05) is 18.2 Å². The van der Waals surface area contributed by atoms with Crippen LogP contribution in [0.3, 0.4) is 0 Å². The van der Waals surface area contributed by atoms with Gasteiger partial charge in [-0.25, -0.2) is 4.98 Å². The Morgan fingerprint density at radius 3 is 2.37 bits per heavy atom. The van der Waals surface area contributed by atoms with Gasteiger partial charge in [-0.2, -0.15) is 4.37 Å². The summed E-state index contributed by atoms with van der Waals surface area (Å²) >= 11 is 1.43. The first-order valence-electron chi connectivity index (χ1n) is 12.7. The van der Waals surface area contributed by atoms with Crippen LogP contribution in [0, 0.1) is 5.92 Å². The molecule has 186 valence electrons. The van der Waals surface area contributed by atoms with Crippen LogP contribution in [0.25, 0.3) is 0 Å². The second-order valence-electron chi connectivity index (χ2n) is 9.85. The van der Waals surface area contributed by atoms with E-state index in [1.165, 1.54) is 22.7 Å². The largest absolute Gasteiger partial charge is 0.353 e. The highest BCUT2D eigenvalue weighted by molar-refractivity contribution is 7.09. The van der Waals surface area contributed by atoms with Crippen LogP contribution in [0.4, 0.5) is 5.13 Å². The second-order valence-corrected chi connectivity index (χ2v) is 10.6. The highest BCUT2D eigenvalue weighted by atomic mass is 32.1. The van der Waals surface area contributed by atoms with Gasteiger partial charge < -0.3 is 10.2 Å². The average Bonchev–Trinajstić information content (AvgIpc) is 3.32. The molecule has 0 unspecified atom stereocenters. The SMILES string of the molecule is CC(C)CN(CCC(=O)NC1CCN(Cc2ccccc2)CC1)c1nc(Cc2ccccc2)ns1. The van der Waals surface area contributed by atoms with E-state index >= 15 is 0 Å². The zero-order valence-corrected chi connectivity index (χ0v) is 21.7. The molecule has 2 heterocycles. The molecular formula is C28H37N5OS. The molecule has 0 spiro atoms. The van der Waals surface area contributed by atoms with Gasteiger partial charge in [0.05, 0.1) is 0 Å². The molecule has 1 aliphatic rings. The lowest BCUT2D eigenvalue weighted by Gasteiger charge is -2.32. The molecule has 6 nitrogen and oxygen atoms in total. The standard InChI is InChI=1S/C28H37N5OS/c1-22(2)20-33(28-30-26(31-35-28)19-23-9-5-3-6-10-23)18-15-27(34)29-25-13-16-32(17-14-25)21-24-11-7-4-8-12-24/h3-12,22,25H,13-21H2,1-2H3,(H,29,34). The van der Waals surface area contributed by atoms with Gasteiger partial charge in [0.1, 0.15) is 5.82 Å². The van der Waals surface area contributed by atoms with E-state index in [0.29, 0.717) is 18.9 Å². The molecule has 4 rings (SSSR count). The maximum Gasteiger partial charge on any atom is 0.221 e. The van der Waals surface area contributed by atoms with Crippen LogP contribution < -0.4 is 10.2 Å². The lowest BCUT2D eigenvalue weighted by Crippen LogP contribution is -2.45. The average molecular weight is 492 g/mol. The lowest BCUT2D eigenvalue weighted by atomic mass is 10.0. The number of hydrogen-bond donors (Lipinski definition) is 1. The first-order chi connectivity index (χ1) is 17.0. The van der Waals surface area contributed by atoms with Gasteiger partial charge in [-0.3, -0.25) is 9.69 Å². The first kappa shape index (κ1) is 25.3. The quantitative estimate of drug-likeness (QED) is 0.419. The minimum atomic E-state index is 0.134. The number of piperidine rings is 1. The summed E-state index contributed by atoms with van der Waals surface area (Å²) in [7, 11) is 0. The van der Waals surface area contributed by atoms with Gasteiger partial charge in [-0.1, -0.05) is 74.5 Å². The molecule has 2 aromatic carbocycles. The summed E-state index contributed by atoms with van der Waals surface area (Å²) in [5.41, 5.74) is 2.56. The van der Waals surface area contributed by atoms with Gasteiger partial charge >= 0.3 is 0 Å². The molecule has 1 amide bonds. The summed E-state index contributed by atoms with van der Waals surface area (Å²) in [4.78, 5) is 22.3. The van der Waals surface area contributed by atoms with Gasteiger partial charge in [0.2, 0.25) is 11.0 Å². The second kappa shape index (κ2) is 12.8. The van der Waals surface area contributed by atoms with Crippen molar-refractivity contribution >= 4 is 22.6 Å². The van der Waals surface area contributed by atoms with Gasteiger partial charge in [0, 0.05) is 63.1 Å². The highest BCUT2D eigenvalue weighted by Gasteiger charge is 2.22. The minimum Gasteiger partial charge on any atom is -0.353 e. The number of nitrogens with one attached hydrogen (secondary N) is 1. The normalized spacial score (nSPS) is 14.8. The van der Waals surface area contributed by atoms with E-state index in [9.17, 15) is 4.79 Å². The molecule has 1 aliphatic heterocycles. The molecule has 0 aliphatic carbocycles. The van der Waals surface area contributed by atoms with Crippen LogP contribution in [0.1, 0.15) is 50.1 Å². The third-order valence-electron chi connectivity index (χ3n) is 6.33. The van der Waals surface area contributed by atoms with Gasteiger partial charge in [-0.15, -0.1) is 0 Å². The third kappa shape index (κ3) is 8.15. The predicted octanol–water partition coefficient (Wildman–Crippen LogP) is 4.76. The molecular weight excluding hydrogens is 454 g/mol. The van der Waals surface area contributed by atoms with Crippen molar-refractivity contribution in [2.45, 2.75) is 52.1 Å². The molecule has 7 heteroatoms. The zero-order chi connectivity index (χ0) is 24.5. The number of nitrogens with zero attached hydrogens (tertiary/aromatic N) is 4. The van der Waals surface area contributed by atoms with Crippen molar-refractivity contribution in [1.82, 2.24) is 19.6 Å². The van der Waals surface area contributed by atoms with Crippen LogP contribution in [-0.4, -0.2) is 52.4 Å².